The van der Waals surface area contributed by atoms with E-state index in [0.717, 1.165) is 26.2 Å². The minimum absolute atomic E-state index is 0.249. The Balaban J connectivity index is 2.21. The third-order valence-electron chi connectivity index (χ3n) is 3.15. The van der Waals surface area contributed by atoms with Crippen molar-refractivity contribution in [3.63, 3.8) is 0 Å². The molecule has 0 saturated carbocycles. The van der Waals surface area contributed by atoms with Gasteiger partial charge in [0.1, 0.15) is 0 Å². The fraction of sp³-hybridized carbons (Fsp3) is 0.667. The van der Waals surface area contributed by atoms with Gasteiger partial charge in [-0.15, -0.1) is 11.3 Å². The molecule has 1 aromatic heterocycles. The highest BCUT2D eigenvalue weighted by atomic mass is 79.9. The minimum atomic E-state index is 0.249. The number of nitrogens with one attached hydrogen (secondary N) is 1. The Hall–Kier alpha value is 0.0600. The maximum atomic E-state index is 5.91. The highest BCUT2D eigenvalue weighted by molar-refractivity contribution is 9.10. The number of hydrogen-bond donors (Lipinski definition) is 1. The molecular formula is C12H19BrN2OS. The van der Waals surface area contributed by atoms with E-state index in [2.05, 4.69) is 44.5 Å². The number of morpholine rings is 1. The van der Waals surface area contributed by atoms with Crippen molar-refractivity contribution in [1.29, 1.82) is 0 Å². The molecule has 2 heterocycles. The lowest BCUT2D eigenvalue weighted by molar-refractivity contribution is -0.0675. The van der Waals surface area contributed by atoms with E-state index in [-0.39, 0.29) is 6.10 Å². The number of hydrogen-bond acceptors (Lipinski definition) is 4. The summed E-state index contributed by atoms with van der Waals surface area (Å²) in [5.41, 5.74) is 0. The Bertz CT molecular complexity index is 356. The molecule has 1 aromatic rings. The SMILES string of the molecule is CCN1CCOC(CNC)C1c1cc(Br)cs1. The first-order chi connectivity index (χ1) is 8.26. The first kappa shape index (κ1) is 13.5. The molecule has 0 radical (unpaired) electrons. The average Bonchev–Trinajstić information content (AvgIpc) is 2.75. The number of rotatable bonds is 4. The van der Waals surface area contributed by atoms with Crippen molar-refractivity contribution in [3.8, 4) is 0 Å². The van der Waals surface area contributed by atoms with E-state index in [0.29, 0.717) is 6.04 Å². The Morgan fingerprint density at radius 2 is 2.47 bits per heavy atom. The minimum Gasteiger partial charge on any atom is -0.374 e. The van der Waals surface area contributed by atoms with Crippen molar-refractivity contribution in [1.82, 2.24) is 10.2 Å². The quantitative estimate of drug-likeness (QED) is 0.923. The molecule has 0 amide bonds. The van der Waals surface area contributed by atoms with Crippen LogP contribution in [0.3, 0.4) is 0 Å². The zero-order valence-electron chi connectivity index (χ0n) is 10.3. The maximum absolute atomic E-state index is 5.91. The summed E-state index contributed by atoms with van der Waals surface area (Å²) in [5.74, 6) is 0. The second-order valence-electron chi connectivity index (χ2n) is 4.21. The van der Waals surface area contributed by atoms with Crippen LogP contribution < -0.4 is 5.32 Å². The smallest absolute Gasteiger partial charge is 0.0904 e. The van der Waals surface area contributed by atoms with Crippen LogP contribution in [0.4, 0.5) is 0 Å². The van der Waals surface area contributed by atoms with E-state index in [1.54, 1.807) is 0 Å². The van der Waals surface area contributed by atoms with Crippen LogP contribution in [0.1, 0.15) is 17.8 Å². The van der Waals surface area contributed by atoms with Gasteiger partial charge in [0.15, 0.2) is 0 Å². The lowest BCUT2D eigenvalue weighted by atomic mass is 10.1. The predicted molar refractivity (Wildman–Crippen MR) is 75.7 cm³/mol. The monoisotopic (exact) mass is 318 g/mol. The van der Waals surface area contributed by atoms with E-state index in [1.807, 2.05) is 18.4 Å². The van der Waals surface area contributed by atoms with Crippen LogP contribution >= 0.6 is 27.3 Å². The van der Waals surface area contributed by atoms with Gasteiger partial charge in [-0.2, -0.15) is 0 Å². The molecule has 2 atom stereocenters. The van der Waals surface area contributed by atoms with Crippen molar-refractivity contribution in [3.05, 3.63) is 20.8 Å². The highest BCUT2D eigenvalue weighted by Gasteiger charge is 2.33. The maximum Gasteiger partial charge on any atom is 0.0904 e. The van der Waals surface area contributed by atoms with Crippen LogP contribution in [0.5, 0.6) is 0 Å². The largest absolute Gasteiger partial charge is 0.374 e. The molecule has 0 aromatic carbocycles. The number of thiophene rings is 1. The molecule has 17 heavy (non-hydrogen) atoms. The van der Waals surface area contributed by atoms with Crippen molar-refractivity contribution >= 4 is 27.3 Å². The highest BCUT2D eigenvalue weighted by Crippen LogP contribution is 2.34. The summed E-state index contributed by atoms with van der Waals surface area (Å²) in [6.07, 6.45) is 0.249. The summed E-state index contributed by atoms with van der Waals surface area (Å²) >= 11 is 5.34. The summed E-state index contributed by atoms with van der Waals surface area (Å²) in [4.78, 5) is 3.89. The van der Waals surface area contributed by atoms with E-state index in [9.17, 15) is 0 Å². The average molecular weight is 319 g/mol. The van der Waals surface area contributed by atoms with Gasteiger partial charge in [0, 0.05) is 27.8 Å². The van der Waals surface area contributed by atoms with Gasteiger partial charge in [0.05, 0.1) is 18.8 Å². The van der Waals surface area contributed by atoms with E-state index >= 15 is 0 Å². The third kappa shape index (κ3) is 3.09. The van der Waals surface area contributed by atoms with E-state index < -0.39 is 0 Å². The predicted octanol–water partition coefficient (Wildman–Crippen LogP) is 2.49. The molecule has 1 aliphatic heterocycles. The molecule has 5 heteroatoms. The molecule has 1 saturated heterocycles. The zero-order chi connectivity index (χ0) is 12.3. The van der Waals surface area contributed by atoms with Gasteiger partial charge < -0.3 is 10.1 Å². The topological polar surface area (TPSA) is 24.5 Å². The summed E-state index contributed by atoms with van der Waals surface area (Å²) in [5, 5.41) is 5.38. The first-order valence-corrected chi connectivity index (χ1v) is 7.67. The van der Waals surface area contributed by atoms with E-state index in [1.165, 1.54) is 9.35 Å². The Kier molecular flexibility index (Phi) is 4.99. The fourth-order valence-electron chi connectivity index (χ4n) is 2.36. The number of ether oxygens (including phenoxy) is 1. The van der Waals surface area contributed by atoms with Crippen molar-refractivity contribution in [2.24, 2.45) is 0 Å². The van der Waals surface area contributed by atoms with Crippen LogP contribution in [0, 0.1) is 0 Å². The molecule has 0 bridgehead atoms. The molecule has 0 aliphatic carbocycles. The fourth-order valence-corrected chi connectivity index (χ4v) is 3.99. The van der Waals surface area contributed by atoms with Gasteiger partial charge in [-0.1, -0.05) is 6.92 Å². The van der Waals surface area contributed by atoms with Gasteiger partial charge in [0.25, 0.3) is 0 Å². The number of likely N-dealkylation sites (N-methyl/N-ethyl adjacent to an activating group) is 2. The molecular weight excluding hydrogens is 300 g/mol. The van der Waals surface area contributed by atoms with Crippen molar-refractivity contribution < 1.29 is 4.74 Å². The van der Waals surface area contributed by atoms with Gasteiger partial charge in [-0.3, -0.25) is 4.90 Å². The van der Waals surface area contributed by atoms with Crippen LogP contribution in [0.2, 0.25) is 0 Å². The Labute approximate surface area is 115 Å². The zero-order valence-corrected chi connectivity index (χ0v) is 12.7. The summed E-state index contributed by atoms with van der Waals surface area (Å²) < 4.78 is 7.08. The lowest BCUT2D eigenvalue weighted by Gasteiger charge is -2.40. The molecule has 2 unspecified atom stereocenters. The lowest BCUT2D eigenvalue weighted by Crippen LogP contribution is -2.48. The third-order valence-corrected chi connectivity index (χ3v) is 4.91. The molecule has 1 fully saturated rings. The normalized spacial score (nSPS) is 26.3. The summed E-state index contributed by atoms with van der Waals surface area (Å²) in [6, 6.07) is 2.60. The molecule has 0 spiro atoms. The van der Waals surface area contributed by atoms with Gasteiger partial charge in [0.2, 0.25) is 0 Å². The molecule has 2 rings (SSSR count). The van der Waals surface area contributed by atoms with Gasteiger partial charge in [-0.05, 0) is 35.6 Å². The second kappa shape index (κ2) is 6.29. The van der Waals surface area contributed by atoms with Crippen molar-refractivity contribution in [2.75, 3.05) is 33.3 Å². The molecule has 96 valence electrons. The van der Waals surface area contributed by atoms with Crippen LogP contribution in [-0.2, 0) is 4.74 Å². The molecule has 3 nitrogen and oxygen atoms in total. The van der Waals surface area contributed by atoms with E-state index in [4.69, 9.17) is 4.74 Å². The Morgan fingerprint density at radius 3 is 3.06 bits per heavy atom. The Morgan fingerprint density at radius 1 is 1.65 bits per heavy atom. The standard InChI is InChI=1S/C12H19BrN2OS/c1-3-15-4-5-16-10(7-14-2)12(15)11-6-9(13)8-17-11/h6,8,10,12,14H,3-5,7H2,1-2H3. The molecule has 1 aliphatic rings. The number of halogens is 1. The van der Waals surface area contributed by atoms with Crippen LogP contribution in [-0.4, -0.2) is 44.3 Å². The first-order valence-electron chi connectivity index (χ1n) is 6.00. The summed E-state index contributed by atoms with van der Waals surface area (Å²) in [6.45, 7) is 6.05. The summed E-state index contributed by atoms with van der Waals surface area (Å²) in [7, 11) is 1.98. The molecule has 1 N–H and O–H groups in total. The van der Waals surface area contributed by atoms with Crippen molar-refractivity contribution in [2.45, 2.75) is 19.1 Å². The van der Waals surface area contributed by atoms with Crippen LogP contribution in [0.15, 0.2) is 15.9 Å². The second-order valence-corrected chi connectivity index (χ2v) is 6.07. The van der Waals surface area contributed by atoms with Gasteiger partial charge >= 0.3 is 0 Å². The van der Waals surface area contributed by atoms with Gasteiger partial charge in [-0.25, -0.2) is 0 Å². The van der Waals surface area contributed by atoms with Crippen LogP contribution in [0.25, 0.3) is 0 Å². The number of nitrogens with zero attached hydrogens (tertiary/aromatic N) is 1.